The number of carbonyl (C=O) groups is 2. The second kappa shape index (κ2) is 9.69. The smallest absolute Gasteiger partial charge is 0.276 e. The summed E-state index contributed by atoms with van der Waals surface area (Å²) in [7, 11) is 0. The number of rotatable bonds is 7. The van der Waals surface area contributed by atoms with Gasteiger partial charge >= 0.3 is 0 Å². The van der Waals surface area contributed by atoms with Crippen LogP contribution in [0.2, 0.25) is 5.02 Å². The van der Waals surface area contributed by atoms with Crippen LogP contribution in [-0.2, 0) is 22.4 Å². The van der Waals surface area contributed by atoms with Crippen molar-refractivity contribution in [2.75, 3.05) is 6.61 Å². The minimum atomic E-state index is -0.415. The molecule has 0 unspecified atom stereocenters. The number of amides is 2. The van der Waals surface area contributed by atoms with Crippen molar-refractivity contribution < 1.29 is 14.3 Å². The molecule has 0 saturated carbocycles. The van der Waals surface area contributed by atoms with Crippen molar-refractivity contribution in [2.45, 2.75) is 26.2 Å². The number of hydrazine groups is 1. The second-order valence-electron chi connectivity index (χ2n) is 5.48. The monoisotopic (exact) mass is 360 g/mol. The van der Waals surface area contributed by atoms with Crippen molar-refractivity contribution in [1.82, 2.24) is 10.9 Å². The van der Waals surface area contributed by atoms with E-state index in [4.69, 9.17) is 16.3 Å². The van der Waals surface area contributed by atoms with Crippen molar-refractivity contribution in [3.8, 4) is 5.75 Å². The molecule has 0 aliphatic carbocycles. The number of para-hydroxylation sites is 1. The van der Waals surface area contributed by atoms with Crippen LogP contribution in [0.25, 0.3) is 0 Å². The van der Waals surface area contributed by atoms with Crippen LogP contribution in [0, 0.1) is 0 Å². The maximum atomic E-state index is 11.8. The molecule has 25 heavy (non-hydrogen) atoms. The highest BCUT2D eigenvalue weighted by Gasteiger charge is 2.08. The molecule has 132 valence electrons. The van der Waals surface area contributed by atoms with Crippen molar-refractivity contribution in [3.05, 3.63) is 64.7 Å². The molecule has 0 fully saturated rings. The fourth-order valence-electron chi connectivity index (χ4n) is 2.27. The Morgan fingerprint density at radius 1 is 1.04 bits per heavy atom. The van der Waals surface area contributed by atoms with Gasteiger partial charge in [0.25, 0.3) is 5.91 Å². The first-order valence-corrected chi connectivity index (χ1v) is 8.49. The van der Waals surface area contributed by atoms with Gasteiger partial charge in [-0.1, -0.05) is 48.9 Å². The van der Waals surface area contributed by atoms with Gasteiger partial charge in [-0.05, 0) is 42.2 Å². The summed E-state index contributed by atoms with van der Waals surface area (Å²) in [5.74, 6) is -0.0169. The number of benzene rings is 2. The Bertz CT molecular complexity index is 734. The van der Waals surface area contributed by atoms with Gasteiger partial charge in [-0.3, -0.25) is 20.4 Å². The number of hydrogen-bond acceptors (Lipinski definition) is 3. The van der Waals surface area contributed by atoms with Gasteiger partial charge in [-0.15, -0.1) is 0 Å². The maximum absolute atomic E-state index is 11.8. The fraction of sp³-hybridized carbons (Fsp3) is 0.263. The molecule has 0 heterocycles. The zero-order valence-corrected chi connectivity index (χ0v) is 14.8. The summed E-state index contributed by atoms with van der Waals surface area (Å²) < 4.78 is 5.49. The van der Waals surface area contributed by atoms with E-state index in [9.17, 15) is 9.59 Å². The molecule has 0 atom stereocenters. The molecule has 0 aliphatic rings. The average molecular weight is 361 g/mol. The van der Waals surface area contributed by atoms with Gasteiger partial charge in [0.2, 0.25) is 5.91 Å². The highest BCUT2D eigenvalue weighted by molar-refractivity contribution is 6.30. The van der Waals surface area contributed by atoms with Gasteiger partial charge in [-0.2, -0.15) is 0 Å². The summed E-state index contributed by atoms with van der Waals surface area (Å²) in [6.45, 7) is 1.86. The van der Waals surface area contributed by atoms with Crippen LogP contribution in [0.4, 0.5) is 0 Å². The third-order valence-electron chi connectivity index (χ3n) is 3.58. The van der Waals surface area contributed by atoms with E-state index < -0.39 is 5.91 Å². The van der Waals surface area contributed by atoms with Gasteiger partial charge < -0.3 is 4.74 Å². The summed E-state index contributed by atoms with van der Waals surface area (Å²) in [5.41, 5.74) is 6.72. The normalized spacial score (nSPS) is 10.2. The van der Waals surface area contributed by atoms with Crippen LogP contribution in [0.3, 0.4) is 0 Å². The van der Waals surface area contributed by atoms with E-state index in [-0.39, 0.29) is 18.9 Å². The Kier molecular flexibility index (Phi) is 7.29. The van der Waals surface area contributed by atoms with Crippen molar-refractivity contribution in [1.29, 1.82) is 0 Å². The van der Waals surface area contributed by atoms with Crippen molar-refractivity contribution in [2.24, 2.45) is 0 Å². The van der Waals surface area contributed by atoms with Crippen LogP contribution >= 0.6 is 11.6 Å². The molecular formula is C19H21ClN2O3. The van der Waals surface area contributed by atoms with E-state index in [0.29, 0.717) is 17.2 Å². The quantitative estimate of drug-likeness (QED) is 0.746. The molecule has 2 amide bonds. The predicted molar refractivity (Wildman–Crippen MR) is 97.4 cm³/mol. The van der Waals surface area contributed by atoms with Gasteiger partial charge in [-0.25, -0.2) is 0 Å². The highest BCUT2D eigenvalue weighted by atomic mass is 35.5. The number of halogens is 1. The standard InChI is InChI=1S/C19H21ClN2O3/c1-2-15-7-3-4-9-17(15)25-13-19(24)22-21-18(23)11-10-14-6-5-8-16(20)12-14/h3-9,12H,2,10-11,13H2,1H3,(H,21,23)(H,22,24). The first-order valence-electron chi connectivity index (χ1n) is 8.11. The summed E-state index contributed by atoms with van der Waals surface area (Å²) in [6, 6.07) is 14.9. The highest BCUT2D eigenvalue weighted by Crippen LogP contribution is 2.17. The maximum Gasteiger partial charge on any atom is 0.276 e. The zero-order valence-electron chi connectivity index (χ0n) is 14.0. The summed E-state index contributed by atoms with van der Waals surface area (Å²) >= 11 is 5.90. The first kappa shape index (κ1) is 18.8. The lowest BCUT2D eigenvalue weighted by molar-refractivity contribution is -0.130. The predicted octanol–water partition coefficient (Wildman–Crippen LogP) is 3.06. The molecular weight excluding hydrogens is 340 g/mol. The van der Waals surface area contributed by atoms with E-state index >= 15 is 0 Å². The van der Waals surface area contributed by atoms with Crippen molar-refractivity contribution in [3.63, 3.8) is 0 Å². The third-order valence-corrected chi connectivity index (χ3v) is 3.82. The van der Waals surface area contributed by atoms with Gasteiger partial charge in [0, 0.05) is 11.4 Å². The summed E-state index contributed by atoms with van der Waals surface area (Å²) in [4.78, 5) is 23.6. The SMILES string of the molecule is CCc1ccccc1OCC(=O)NNC(=O)CCc1cccc(Cl)c1. The zero-order chi connectivity index (χ0) is 18.1. The Hall–Kier alpha value is -2.53. The number of aryl methyl sites for hydroxylation is 2. The fourth-order valence-corrected chi connectivity index (χ4v) is 2.48. The molecule has 0 aliphatic heterocycles. The van der Waals surface area contributed by atoms with Crippen LogP contribution in [0.15, 0.2) is 48.5 Å². The van der Waals surface area contributed by atoms with E-state index in [1.54, 1.807) is 6.07 Å². The molecule has 0 aromatic heterocycles. The number of nitrogens with one attached hydrogen (secondary N) is 2. The van der Waals surface area contributed by atoms with Crippen molar-refractivity contribution >= 4 is 23.4 Å². The Labute approximate surface area is 152 Å². The average Bonchev–Trinajstić information content (AvgIpc) is 2.63. The Balaban J connectivity index is 1.69. The third kappa shape index (κ3) is 6.47. The molecule has 0 saturated heterocycles. The molecule has 0 bridgehead atoms. The van der Waals surface area contributed by atoms with Crippen LogP contribution in [-0.4, -0.2) is 18.4 Å². The molecule has 2 aromatic carbocycles. The number of carbonyl (C=O) groups excluding carboxylic acids is 2. The lowest BCUT2D eigenvalue weighted by atomic mass is 10.1. The molecule has 2 rings (SSSR count). The van der Waals surface area contributed by atoms with E-state index in [0.717, 1.165) is 17.5 Å². The molecule has 0 radical (unpaired) electrons. The van der Waals surface area contributed by atoms with Gasteiger partial charge in [0.05, 0.1) is 0 Å². The molecule has 0 spiro atoms. The minimum absolute atomic E-state index is 0.161. The lowest BCUT2D eigenvalue weighted by Crippen LogP contribution is -2.43. The van der Waals surface area contributed by atoms with E-state index in [1.165, 1.54) is 0 Å². The van der Waals surface area contributed by atoms with Crippen LogP contribution in [0.1, 0.15) is 24.5 Å². The van der Waals surface area contributed by atoms with Gasteiger partial charge in [0.1, 0.15) is 5.75 Å². The number of hydrogen-bond donors (Lipinski definition) is 2. The largest absolute Gasteiger partial charge is 0.483 e. The minimum Gasteiger partial charge on any atom is -0.483 e. The number of ether oxygens (including phenoxy) is 1. The first-order chi connectivity index (χ1) is 12.1. The van der Waals surface area contributed by atoms with Crippen LogP contribution in [0.5, 0.6) is 5.75 Å². The Morgan fingerprint density at radius 3 is 2.56 bits per heavy atom. The Morgan fingerprint density at radius 2 is 1.80 bits per heavy atom. The summed E-state index contributed by atoms with van der Waals surface area (Å²) in [6.07, 6.45) is 1.61. The van der Waals surface area contributed by atoms with Crippen LogP contribution < -0.4 is 15.6 Å². The van der Waals surface area contributed by atoms with E-state index in [1.807, 2.05) is 49.4 Å². The molecule has 6 heteroatoms. The second-order valence-corrected chi connectivity index (χ2v) is 5.91. The van der Waals surface area contributed by atoms with Gasteiger partial charge in [0.15, 0.2) is 6.61 Å². The lowest BCUT2D eigenvalue weighted by Gasteiger charge is -2.11. The molecule has 5 nitrogen and oxygen atoms in total. The summed E-state index contributed by atoms with van der Waals surface area (Å²) in [5, 5.41) is 0.635. The topological polar surface area (TPSA) is 67.4 Å². The molecule has 2 N–H and O–H groups in total. The van der Waals surface area contributed by atoms with E-state index in [2.05, 4.69) is 10.9 Å². The molecule has 2 aromatic rings.